The molecule has 2 rings (SSSR count). The normalized spacial score (nSPS) is 10.4. The van der Waals surface area contributed by atoms with Gasteiger partial charge >= 0.3 is 0 Å². The molecule has 0 fully saturated rings. The molecule has 5 nitrogen and oxygen atoms in total. The summed E-state index contributed by atoms with van der Waals surface area (Å²) in [6.45, 7) is 0.298. The predicted octanol–water partition coefficient (Wildman–Crippen LogP) is 1.35. The van der Waals surface area contributed by atoms with E-state index in [1.165, 1.54) is 11.3 Å². The first-order valence-corrected chi connectivity index (χ1v) is 6.71. The molecule has 0 saturated heterocycles. The molecule has 1 aromatic carbocycles. The Bertz CT molecular complexity index is 621. The van der Waals surface area contributed by atoms with Gasteiger partial charge in [0.15, 0.2) is 0 Å². The number of rotatable bonds is 4. The first kappa shape index (κ1) is 13.4. The van der Waals surface area contributed by atoms with Crippen molar-refractivity contribution in [3.05, 3.63) is 29.1 Å². The van der Waals surface area contributed by atoms with Crippen molar-refractivity contribution in [1.29, 1.82) is 0 Å². The Morgan fingerprint density at radius 2 is 2.05 bits per heavy atom. The highest BCUT2D eigenvalue weighted by Crippen LogP contribution is 2.33. The van der Waals surface area contributed by atoms with Crippen molar-refractivity contribution in [2.45, 2.75) is 6.42 Å². The zero-order chi connectivity index (χ0) is 13.8. The van der Waals surface area contributed by atoms with Crippen molar-refractivity contribution in [2.75, 3.05) is 19.3 Å². The molecular formula is C13H15N3O2S. The molecule has 2 aromatic rings. The van der Waals surface area contributed by atoms with Gasteiger partial charge in [-0.15, -0.1) is 11.3 Å². The Balaban J connectivity index is 2.09. The first-order chi connectivity index (χ1) is 9.13. The highest BCUT2D eigenvalue weighted by Gasteiger charge is 2.15. The van der Waals surface area contributed by atoms with E-state index in [1.54, 1.807) is 7.05 Å². The second kappa shape index (κ2) is 5.71. The third-order valence-corrected chi connectivity index (χ3v) is 3.94. The van der Waals surface area contributed by atoms with Crippen LogP contribution >= 0.6 is 11.3 Å². The fourth-order valence-electron chi connectivity index (χ4n) is 1.73. The highest BCUT2D eigenvalue weighted by atomic mass is 32.1. The molecule has 1 heterocycles. The van der Waals surface area contributed by atoms with Gasteiger partial charge < -0.3 is 16.4 Å². The monoisotopic (exact) mass is 277 g/mol. The number of nitrogens with one attached hydrogen (secondary N) is 2. The van der Waals surface area contributed by atoms with Gasteiger partial charge in [0, 0.05) is 30.1 Å². The molecule has 0 bridgehead atoms. The lowest BCUT2D eigenvalue weighted by molar-refractivity contribution is -0.120. The van der Waals surface area contributed by atoms with Crippen LogP contribution in [0.5, 0.6) is 0 Å². The molecular weight excluding hydrogens is 262 g/mol. The summed E-state index contributed by atoms with van der Waals surface area (Å²) in [6, 6.07) is 7.62. The number of fused-ring (bicyclic) bond motifs is 1. The van der Waals surface area contributed by atoms with E-state index in [-0.39, 0.29) is 18.2 Å². The van der Waals surface area contributed by atoms with Gasteiger partial charge in [-0.2, -0.15) is 0 Å². The van der Waals surface area contributed by atoms with Crippen LogP contribution in [0.15, 0.2) is 24.3 Å². The largest absolute Gasteiger partial charge is 0.397 e. The average molecular weight is 277 g/mol. The standard InChI is InChI=1S/C13H15N3O2S/c1-15-10(17)6-7-16-13(18)12-11(14)8-4-2-3-5-9(8)19-12/h2-5H,6-7,14H2,1H3,(H,15,17)(H,16,18). The van der Waals surface area contributed by atoms with E-state index in [4.69, 9.17) is 5.73 Å². The summed E-state index contributed by atoms with van der Waals surface area (Å²) in [4.78, 5) is 23.5. The van der Waals surface area contributed by atoms with Crippen LogP contribution in [0, 0.1) is 0 Å². The molecule has 19 heavy (non-hydrogen) atoms. The third kappa shape index (κ3) is 2.85. The number of hydrogen-bond acceptors (Lipinski definition) is 4. The smallest absolute Gasteiger partial charge is 0.263 e. The number of benzene rings is 1. The molecule has 0 aliphatic carbocycles. The van der Waals surface area contributed by atoms with Gasteiger partial charge in [-0.3, -0.25) is 9.59 Å². The second-order valence-corrected chi connectivity index (χ2v) is 5.07. The molecule has 0 radical (unpaired) electrons. The summed E-state index contributed by atoms with van der Waals surface area (Å²) < 4.78 is 0.983. The molecule has 0 unspecified atom stereocenters. The van der Waals surface area contributed by atoms with Gasteiger partial charge in [0.1, 0.15) is 4.88 Å². The highest BCUT2D eigenvalue weighted by molar-refractivity contribution is 7.21. The molecule has 0 spiro atoms. The molecule has 4 N–H and O–H groups in total. The molecule has 0 aliphatic rings. The summed E-state index contributed by atoms with van der Waals surface area (Å²) in [6.07, 6.45) is 0.257. The number of amides is 2. The minimum absolute atomic E-state index is 0.107. The van der Waals surface area contributed by atoms with Crippen molar-refractivity contribution in [1.82, 2.24) is 10.6 Å². The van der Waals surface area contributed by atoms with Gasteiger partial charge in [0.05, 0.1) is 5.69 Å². The number of nitrogen functional groups attached to an aromatic ring is 1. The van der Waals surface area contributed by atoms with E-state index in [1.807, 2.05) is 24.3 Å². The van der Waals surface area contributed by atoms with Gasteiger partial charge in [-0.25, -0.2) is 0 Å². The lowest BCUT2D eigenvalue weighted by Gasteiger charge is -2.03. The van der Waals surface area contributed by atoms with Crippen LogP contribution in [0.25, 0.3) is 10.1 Å². The zero-order valence-corrected chi connectivity index (χ0v) is 11.3. The molecule has 100 valence electrons. The van der Waals surface area contributed by atoms with Crippen molar-refractivity contribution in [3.8, 4) is 0 Å². The minimum Gasteiger partial charge on any atom is -0.397 e. The topological polar surface area (TPSA) is 84.2 Å². The Kier molecular flexibility index (Phi) is 4.01. The number of carbonyl (C=O) groups excluding carboxylic acids is 2. The maximum Gasteiger partial charge on any atom is 0.263 e. The Morgan fingerprint density at radius 3 is 2.74 bits per heavy atom. The Labute approximate surface area is 114 Å². The fraction of sp³-hybridized carbons (Fsp3) is 0.231. The van der Waals surface area contributed by atoms with E-state index in [9.17, 15) is 9.59 Å². The fourth-order valence-corrected chi connectivity index (χ4v) is 2.77. The summed E-state index contributed by atoms with van der Waals surface area (Å²) in [7, 11) is 1.56. The van der Waals surface area contributed by atoms with Gasteiger partial charge in [0.25, 0.3) is 5.91 Å². The van der Waals surface area contributed by atoms with E-state index in [0.717, 1.165) is 10.1 Å². The van der Waals surface area contributed by atoms with Crippen molar-refractivity contribution < 1.29 is 9.59 Å². The van der Waals surface area contributed by atoms with Gasteiger partial charge in [-0.05, 0) is 6.07 Å². The van der Waals surface area contributed by atoms with Crippen molar-refractivity contribution >= 4 is 38.9 Å². The molecule has 1 aromatic heterocycles. The number of hydrogen-bond donors (Lipinski definition) is 3. The van der Waals surface area contributed by atoms with Crippen molar-refractivity contribution in [2.24, 2.45) is 0 Å². The van der Waals surface area contributed by atoms with Crippen LogP contribution in [-0.4, -0.2) is 25.4 Å². The quantitative estimate of drug-likeness (QED) is 0.788. The lowest BCUT2D eigenvalue weighted by Crippen LogP contribution is -2.29. The van der Waals surface area contributed by atoms with E-state index in [0.29, 0.717) is 17.1 Å². The molecule has 2 amide bonds. The van der Waals surface area contributed by atoms with E-state index >= 15 is 0 Å². The summed E-state index contributed by atoms with van der Waals surface area (Å²) in [5.74, 6) is -0.341. The first-order valence-electron chi connectivity index (χ1n) is 5.89. The summed E-state index contributed by atoms with van der Waals surface area (Å²) in [5.41, 5.74) is 6.47. The Morgan fingerprint density at radius 1 is 1.32 bits per heavy atom. The predicted molar refractivity (Wildman–Crippen MR) is 77.3 cm³/mol. The van der Waals surface area contributed by atoms with Crippen LogP contribution in [0.2, 0.25) is 0 Å². The third-order valence-electron chi connectivity index (χ3n) is 2.76. The summed E-state index contributed by atoms with van der Waals surface area (Å²) in [5, 5.41) is 6.09. The summed E-state index contributed by atoms with van der Waals surface area (Å²) >= 11 is 1.36. The van der Waals surface area contributed by atoms with Crippen LogP contribution in [0.1, 0.15) is 16.1 Å². The second-order valence-electron chi connectivity index (χ2n) is 4.02. The SMILES string of the molecule is CNC(=O)CCNC(=O)c1sc2ccccc2c1N. The zero-order valence-electron chi connectivity index (χ0n) is 10.5. The van der Waals surface area contributed by atoms with Crippen molar-refractivity contribution in [3.63, 3.8) is 0 Å². The average Bonchev–Trinajstić information content (AvgIpc) is 2.76. The minimum atomic E-state index is -0.234. The van der Waals surface area contributed by atoms with Gasteiger partial charge in [0.2, 0.25) is 5.91 Å². The number of carbonyl (C=O) groups is 2. The maximum atomic E-state index is 12.0. The van der Waals surface area contributed by atoms with Crippen LogP contribution in [0.4, 0.5) is 5.69 Å². The van der Waals surface area contributed by atoms with E-state index in [2.05, 4.69) is 10.6 Å². The number of nitrogens with two attached hydrogens (primary N) is 1. The molecule has 0 atom stereocenters. The van der Waals surface area contributed by atoms with Crippen LogP contribution < -0.4 is 16.4 Å². The molecule has 6 heteroatoms. The molecule has 0 aliphatic heterocycles. The van der Waals surface area contributed by atoms with Crippen LogP contribution in [0.3, 0.4) is 0 Å². The lowest BCUT2D eigenvalue weighted by atomic mass is 10.2. The number of anilines is 1. The van der Waals surface area contributed by atoms with Gasteiger partial charge in [-0.1, -0.05) is 18.2 Å². The van der Waals surface area contributed by atoms with E-state index < -0.39 is 0 Å². The molecule has 0 saturated carbocycles. The van der Waals surface area contributed by atoms with Crippen LogP contribution in [-0.2, 0) is 4.79 Å². The maximum absolute atomic E-state index is 12.0. The number of thiophene rings is 1. The Hall–Kier alpha value is -2.08.